The molecule has 0 saturated heterocycles. The summed E-state index contributed by atoms with van der Waals surface area (Å²) in [5, 5.41) is 3.67. The molecule has 0 spiro atoms. The summed E-state index contributed by atoms with van der Waals surface area (Å²) in [5.74, 6) is 0. The Labute approximate surface area is 120 Å². The van der Waals surface area contributed by atoms with E-state index >= 15 is 0 Å². The summed E-state index contributed by atoms with van der Waals surface area (Å²) in [6.45, 7) is 11.7. The zero-order chi connectivity index (χ0) is 14.1. The smallest absolute Gasteiger partial charge is 0.0593 e. The van der Waals surface area contributed by atoms with Crippen LogP contribution in [-0.4, -0.2) is 50.8 Å². The minimum atomic E-state index is 0.490. The standard InChI is InChI=1S/C16H34N2O/c1-5-19-12-11-18(4)14-16(13-17-15(2)3)9-7-6-8-10-16/h15,17H,5-14H2,1-4H3. The first-order chi connectivity index (χ1) is 9.08. The average molecular weight is 270 g/mol. The van der Waals surface area contributed by atoms with Gasteiger partial charge in [0, 0.05) is 32.3 Å². The molecule has 0 aromatic carbocycles. The van der Waals surface area contributed by atoms with Gasteiger partial charge >= 0.3 is 0 Å². The van der Waals surface area contributed by atoms with Crippen molar-refractivity contribution >= 4 is 0 Å². The summed E-state index contributed by atoms with van der Waals surface area (Å²) in [5.41, 5.74) is 0.490. The van der Waals surface area contributed by atoms with Crippen molar-refractivity contribution in [2.75, 3.05) is 39.9 Å². The number of hydrogen-bond acceptors (Lipinski definition) is 3. The first-order valence-corrected chi connectivity index (χ1v) is 8.08. The SMILES string of the molecule is CCOCCN(C)CC1(CNC(C)C)CCCCC1. The zero-order valence-corrected chi connectivity index (χ0v) is 13.5. The Morgan fingerprint density at radius 3 is 2.47 bits per heavy atom. The Morgan fingerprint density at radius 1 is 1.21 bits per heavy atom. The molecule has 1 saturated carbocycles. The van der Waals surface area contributed by atoms with E-state index in [2.05, 4.69) is 38.0 Å². The van der Waals surface area contributed by atoms with Gasteiger partial charge in [-0.3, -0.25) is 0 Å². The van der Waals surface area contributed by atoms with Crippen molar-refractivity contribution in [3.63, 3.8) is 0 Å². The second-order valence-corrected chi connectivity index (χ2v) is 6.53. The van der Waals surface area contributed by atoms with E-state index in [1.165, 1.54) is 45.2 Å². The van der Waals surface area contributed by atoms with E-state index in [4.69, 9.17) is 4.74 Å². The summed E-state index contributed by atoms with van der Waals surface area (Å²) in [6, 6.07) is 0.590. The maximum absolute atomic E-state index is 5.47. The summed E-state index contributed by atoms with van der Waals surface area (Å²) in [4.78, 5) is 2.46. The third-order valence-corrected chi connectivity index (χ3v) is 4.23. The first-order valence-electron chi connectivity index (χ1n) is 8.08. The predicted molar refractivity (Wildman–Crippen MR) is 82.6 cm³/mol. The molecule has 0 aromatic heterocycles. The summed E-state index contributed by atoms with van der Waals surface area (Å²) < 4.78 is 5.47. The first kappa shape index (κ1) is 16.9. The summed E-state index contributed by atoms with van der Waals surface area (Å²) in [7, 11) is 2.24. The Kier molecular flexibility index (Phi) is 7.96. The number of nitrogens with zero attached hydrogens (tertiary/aromatic N) is 1. The molecule has 3 heteroatoms. The minimum absolute atomic E-state index is 0.490. The van der Waals surface area contributed by atoms with Crippen molar-refractivity contribution in [2.45, 2.75) is 58.9 Å². The third kappa shape index (κ3) is 6.73. The highest BCUT2D eigenvalue weighted by atomic mass is 16.5. The van der Waals surface area contributed by atoms with E-state index in [9.17, 15) is 0 Å². The maximum Gasteiger partial charge on any atom is 0.0593 e. The largest absolute Gasteiger partial charge is 0.380 e. The van der Waals surface area contributed by atoms with Gasteiger partial charge < -0.3 is 15.0 Å². The van der Waals surface area contributed by atoms with Crippen LogP contribution in [0.15, 0.2) is 0 Å². The van der Waals surface area contributed by atoms with E-state index in [1.54, 1.807) is 0 Å². The molecule has 0 aromatic rings. The maximum atomic E-state index is 5.47. The van der Waals surface area contributed by atoms with Crippen molar-refractivity contribution in [3.8, 4) is 0 Å². The van der Waals surface area contributed by atoms with Gasteiger partial charge in [-0.2, -0.15) is 0 Å². The molecule has 1 aliphatic rings. The predicted octanol–water partition coefficient (Wildman–Crippen LogP) is 2.90. The molecule has 114 valence electrons. The van der Waals surface area contributed by atoms with Crippen LogP contribution < -0.4 is 5.32 Å². The van der Waals surface area contributed by atoms with Crippen LogP contribution in [0, 0.1) is 5.41 Å². The van der Waals surface area contributed by atoms with Crippen LogP contribution in [-0.2, 0) is 4.74 Å². The molecule has 0 amide bonds. The van der Waals surface area contributed by atoms with Crippen molar-refractivity contribution in [2.24, 2.45) is 5.41 Å². The highest BCUT2D eigenvalue weighted by molar-refractivity contribution is 4.87. The van der Waals surface area contributed by atoms with Crippen LogP contribution in [0.25, 0.3) is 0 Å². The normalized spacial score (nSPS) is 19.3. The van der Waals surface area contributed by atoms with Gasteiger partial charge in [0.15, 0.2) is 0 Å². The Balaban J connectivity index is 2.43. The van der Waals surface area contributed by atoms with E-state index in [1.807, 2.05) is 0 Å². The number of ether oxygens (including phenoxy) is 1. The van der Waals surface area contributed by atoms with Gasteiger partial charge in [0.2, 0.25) is 0 Å². The molecular weight excluding hydrogens is 236 g/mol. The minimum Gasteiger partial charge on any atom is -0.380 e. The fourth-order valence-corrected chi connectivity index (χ4v) is 3.13. The van der Waals surface area contributed by atoms with Crippen LogP contribution in [0.2, 0.25) is 0 Å². The lowest BCUT2D eigenvalue weighted by atomic mass is 9.73. The van der Waals surface area contributed by atoms with Crippen molar-refractivity contribution < 1.29 is 4.74 Å². The van der Waals surface area contributed by atoms with Gasteiger partial charge in [-0.15, -0.1) is 0 Å². The highest BCUT2D eigenvalue weighted by Gasteiger charge is 2.32. The molecule has 1 N–H and O–H groups in total. The van der Waals surface area contributed by atoms with Crippen LogP contribution in [0.4, 0.5) is 0 Å². The lowest BCUT2D eigenvalue weighted by Gasteiger charge is -2.41. The average Bonchev–Trinajstić information content (AvgIpc) is 2.38. The number of likely N-dealkylation sites (N-methyl/N-ethyl adjacent to an activating group) is 1. The molecule has 0 radical (unpaired) electrons. The van der Waals surface area contributed by atoms with Gasteiger partial charge in [0.25, 0.3) is 0 Å². The van der Waals surface area contributed by atoms with Gasteiger partial charge in [0.1, 0.15) is 0 Å². The molecule has 19 heavy (non-hydrogen) atoms. The van der Waals surface area contributed by atoms with Gasteiger partial charge in [-0.25, -0.2) is 0 Å². The second kappa shape index (κ2) is 8.93. The zero-order valence-electron chi connectivity index (χ0n) is 13.5. The lowest BCUT2D eigenvalue weighted by Crippen LogP contribution is -2.46. The van der Waals surface area contributed by atoms with Crippen molar-refractivity contribution in [1.29, 1.82) is 0 Å². The topological polar surface area (TPSA) is 24.5 Å². The number of rotatable bonds is 9. The summed E-state index contributed by atoms with van der Waals surface area (Å²) >= 11 is 0. The molecule has 1 aliphatic carbocycles. The van der Waals surface area contributed by atoms with Crippen LogP contribution in [0.3, 0.4) is 0 Å². The molecular formula is C16H34N2O. The van der Waals surface area contributed by atoms with Crippen molar-refractivity contribution in [3.05, 3.63) is 0 Å². The molecule has 1 rings (SSSR count). The molecule has 1 fully saturated rings. The van der Waals surface area contributed by atoms with Crippen LogP contribution in [0.5, 0.6) is 0 Å². The van der Waals surface area contributed by atoms with E-state index in [-0.39, 0.29) is 0 Å². The van der Waals surface area contributed by atoms with Crippen LogP contribution >= 0.6 is 0 Å². The molecule has 0 bridgehead atoms. The number of nitrogens with one attached hydrogen (secondary N) is 1. The van der Waals surface area contributed by atoms with E-state index in [0.717, 1.165) is 19.8 Å². The number of hydrogen-bond donors (Lipinski definition) is 1. The lowest BCUT2D eigenvalue weighted by molar-refractivity contribution is 0.0801. The van der Waals surface area contributed by atoms with E-state index < -0.39 is 0 Å². The summed E-state index contributed by atoms with van der Waals surface area (Å²) in [6.07, 6.45) is 6.99. The fourth-order valence-electron chi connectivity index (χ4n) is 3.13. The Hall–Kier alpha value is -0.120. The van der Waals surface area contributed by atoms with Crippen molar-refractivity contribution in [1.82, 2.24) is 10.2 Å². The van der Waals surface area contributed by atoms with Gasteiger partial charge in [-0.1, -0.05) is 33.1 Å². The monoisotopic (exact) mass is 270 g/mol. The molecule has 0 aliphatic heterocycles. The molecule has 0 unspecified atom stereocenters. The third-order valence-electron chi connectivity index (χ3n) is 4.23. The quantitative estimate of drug-likeness (QED) is 0.652. The highest BCUT2D eigenvalue weighted by Crippen LogP contribution is 2.36. The van der Waals surface area contributed by atoms with Gasteiger partial charge in [0.05, 0.1) is 6.61 Å². The molecule has 0 atom stereocenters. The Bertz CT molecular complexity index is 225. The second-order valence-electron chi connectivity index (χ2n) is 6.53. The van der Waals surface area contributed by atoms with E-state index in [0.29, 0.717) is 11.5 Å². The van der Waals surface area contributed by atoms with Gasteiger partial charge in [-0.05, 0) is 32.2 Å². The molecule has 0 heterocycles. The fraction of sp³-hybridized carbons (Fsp3) is 1.00. The molecule has 3 nitrogen and oxygen atoms in total. The van der Waals surface area contributed by atoms with Crippen LogP contribution in [0.1, 0.15) is 52.9 Å². The Morgan fingerprint density at radius 2 is 1.89 bits per heavy atom.